The third-order valence-corrected chi connectivity index (χ3v) is 3.98. The summed E-state index contributed by atoms with van der Waals surface area (Å²) in [5.41, 5.74) is 0.828. The van der Waals surface area contributed by atoms with Crippen molar-refractivity contribution >= 4 is 12.0 Å². The average Bonchev–Trinajstić information content (AvgIpc) is 2.82. The molecule has 1 aliphatic rings. The molecule has 0 aromatic heterocycles. The van der Waals surface area contributed by atoms with Crippen LogP contribution in [-0.4, -0.2) is 46.5 Å². The predicted octanol–water partition coefficient (Wildman–Crippen LogP) is 2.17. The standard InChI is InChI=1S/C15H19FN2O3/c1-10-13(14(19)20)7-8-18(10)15(21)17(2)9-11-3-5-12(16)6-4-11/h3-6,10,13H,7-9H2,1-2H3,(H,19,20). The number of hydrogen-bond acceptors (Lipinski definition) is 2. The molecule has 21 heavy (non-hydrogen) atoms. The monoisotopic (exact) mass is 294 g/mol. The number of carboxylic acid groups (broad SMARTS) is 1. The van der Waals surface area contributed by atoms with E-state index in [-0.39, 0.29) is 17.9 Å². The Bertz CT molecular complexity index is 532. The van der Waals surface area contributed by atoms with Crippen LogP contribution in [0.15, 0.2) is 24.3 Å². The fourth-order valence-corrected chi connectivity index (χ4v) is 2.69. The maximum Gasteiger partial charge on any atom is 0.320 e. The van der Waals surface area contributed by atoms with E-state index in [2.05, 4.69) is 0 Å². The second kappa shape index (κ2) is 6.11. The quantitative estimate of drug-likeness (QED) is 0.929. The van der Waals surface area contributed by atoms with Crippen molar-refractivity contribution in [3.05, 3.63) is 35.6 Å². The van der Waals surface area contributed by atoms with E-state index >= 15 is 0 Å². The molecule has 1 fully saturated rings. The van der Waals surface area contributed by atoms with Gasteiger partial charge in [-0.15, -0.1) is 0 Å². The van der Waals surface area contributed by atoms with Crippen LogP contribution in [0.1, 0.15) is 18.9 Å². The van der Waals surface area contributed by atoms with E-state index in [1.54, 1.807) is 31.0 Å². The number of halogens is 1. The minimum atomic E-state index is -0.862. The Hall–Kier alpha value is -2.11. The van der Waals surface area contributed by atoms with Gasteiger partial charge in [0.25, 0.3) is 0 Å². The van der Waals surface area contributed by atoms with Gasteiger partial charge in [0.05, 0.1) is 5.92 Å². The van der Waals surface area contributed by atoms with Crippen molar-refractivity contribution < 1.29 is 19.1 Å². The van der Waals surface area contributed by atoms with Gasteiger partial charge in [-0.05, 0) is 31.0 Å². The summed E-state index contributed by atoms with van der Waals surface area (Å²) in [4.78, 5) is 26.6. The Morgan fingerprint density at radius 1 is 1.38 bits per heavy atom. The summed E-state index contributed by atoms with van der Waals surface area (Å²) >= 11 is 0. The number of urea groups is 1. The summed E-state index contributed by atoms with van der Waals surface area (Å²) in [6.07, 6.45) is 0.479. The van der Waals surface area contributed by atoms with Crippen LogP contribution in [-0.2, 0) is 11.3 Å². The first-order chi connectivity index (χ1) is 9.90. The average molecular weight is 294 g/mol. The van der Waals surface area contributed by atoms with E-state index in [1.807, 2.05) is 0 Å². The van der Waals surface area contributed by atoms with E-state index in [9.17, 15) is 14.0 Å². The minimum Gasteiger partial charge on any atom is -0.481 e. The molecular weight excluding hydrogens is 275 g/mol. The SMILES string of the molecule is CC1C(C(=O)O)CCN1C(=O)N(C)Cc1ccc(F)cc1. The Kier molecular flexibility index (Phi) is 4.45. The topological polar surface area (TPSA) is 60.9 Å². The lowest BCUT2D eigenvalue weighted by atomic mass is 10.0. The molecule has 114 valence electrons. The number of carboxylic acids is 1. The normalized spacial score (nSPS) is 21.4. The molecule has 0 radical (unpaired) electrons. The van der Waals surface area contributed by atoms with Crippen LogP contribution in [0.2, 0.25) is 0 Å². The highest BCUT2D eigenvalue weighted by Gasteiger charge is 2.39. The lowest BCUT2D eigenvalue weighted by Crippen LogP contribution is -2.44. The zero-order valence-electron chi connectivity index (χ0n) is 12.1. The van der Waals surface area contributed by atoms with Crippen molar-refractivity contribution in [2.75, 3.05) is 13.6 Å². The Morgan fingerprint density at radius 2 is 2.00 bits per heavy atom. The van der Waals surface area contributed by atoms with Gasteiger partial charge in [0, 0.05) is 26.2 Å². The molecule has 1 aromatic rings. The van der Waals surface area contributed by atoms with Gasteiger partial charge in [0.15, 0.2) is 0 Å². The number of benzene rings is 1. The largest absolute Gasteiger partial charge is 0.481 e. The Balaban J connectivity index is 1.99. The van der Waals surface area contributed by atoms with Crippen molar-refractivity contribution in [1.29, 1.82) is 0 Å². The molecule has 2 amide bonds. The zero-order valence-corrected chi connectivity index (χ0v) is 12.1. The van der Waals surface area contributed by atoms with Gasteiger partial charge < -0.3 is 14.9 Å². The van der Waals surface area contributed by atoms with Crippen molar-refractivity contribution in [2.45, 2.75) is 25.9 Å². The number of carbonyl (C=O) groups is 2. The van der Waals surface area contributed by atoms with Crippen molar-refractivity contribution in [3.63, 3.8) is 0 Å². The Morgan fingerprint density at radius 3 is 2.52 bits per heavy atom. The van der Waals surface area contributed by atoms with Gasteiger partial charge in [-0.3, -0.25) is 4.79 Å². The third-order valence-electron chi connectivity index (χ3n) is 3.98. The molecule has 1 heterocycles. The van der Waals surface area contributed by atoms with E-state index in [4.69, 9.17) is 5.11 Å². The molecule has 0 aliphatic carbocycles. The smallest absolute Gasteiger partial charge is 0.320 e. The number of amides is 2. The number of carbonyl (C=O) groups excluding carboxylic acids is 1. The maximum atomic E-state index is 12.9. The fraction of sp³-hybridized carbons (Fsp3) is 0.467. The van der Waals surface area contributed by atoms with E-state index in [0.29, 0.717) is 19.5 Å². The summed E-state index contributed by atoms with van der Waals surface area (Å²) in [6, 6.07) is 5.46. The molecule has 6 heteroatoms. The van der Waals surface area contributed by atoms with Gasteiger partial charge >= 0.3 is 12.0 Å². The van der Waals surface area contributed by atoms with Crippen LogP contribution in [0.5, 0.6) is 0 Å². The number of aliphatic carboxylic acids is 1. The fourth-order valence-electron chi connectivity index (χ4n) is 2.69. The van der Waals surface area contributed by atoms with E-state index in [1.165, 1.54) is 17.0 Å². The summed E-state index contributed by atoms with van der Waals surface area (Å²) in [6.45, 7) is 2.57. The lowest BCUT2D eigenvalue weighted by molar-refractivity contribution is -0.142. The molecule has 2 rings (SSSR count). The van der Waals surface area contributed by atoms with Gasteiger partial charge in [-0.25, -0.2) is 9.18 Å². The zero-order chi connectivity index (χ0) is 15.6. The summed E-state index contributed by atoms with van der Waals surface area (Å²) in [7, 11) is 1.66. The Labute approximate surface area is 123 Å². The molecule has 2 atom stereocenters. The molecule has 5 nitrogen and oxygen atoms in total. The van der Waals surface area contributed by atoms with Crippen molar-refractivity contribution in [2.24, 2.45) is 5.92 Å². The number of likely N-dealkylation sites (tertiary alicyclic amines) is 1. The van der Waals surface area contributed by atoms with Crippen molar-refractivity contribution in [1.82, 2.24) is 9.80 Å². The van der Waals surface area contributed by atoms with Crippen LogP contribution in [0.25, 0.3) is 0 Å². The van der Waals surface area contributed by atoms with Crippen LogP contribution in [0.4, 0.5) is 9.18 Å². The first-order valence-corrected chi connectivity index (χ1v) is 6.89. The second-order valence-corrected chi connectivity index (χ2v) is 5.43. The highest BCUT2D eigenvalue weighted by atomic mass is 19.1. The van der Waals surface area contributed by atoms with Gasteiger partial charge in [-0.2, -0.15) is 0 Å². The molecule has 1 saturated heterocycles. The molecule has 1 aromatic carbocycles. The van der Waals surface area contributed by atoms with Crippen LogP contribution in [0, 0.1) is 11.7 Å². The molecule has 2 unspecified atom stereocenters. The first kappa shape index (κ1) is 15.3. The molecule has 0 spiro atoms. The molecular formula is C15H19FN2O3. The lowest BCUT2D eigenvalue weighted by Gasteiger charge is -2.28. The van der Waals surface area contributed by atoms with Crippen LogP contribution in [0.3, 0.4) is 0 Å². The van der Waals surface area contributed by atoms with Crippen LogP contribution >= 0.6 is 0 Å². The molecule has 1 aliphatic heterocycles. The summed E-state index contributed by atoms with van der Waals surface area (Å²) in [5, 5.41) is 9.10. The van der Waals surface area contributed by atoms with Gasteiger partial charge in [0.1, 0.15) is 5.82 Å². The first-order valence-electron chi connectivity index (χ1n) is 6.89. The maximum absolute atomic E-state index is 12.9. The van der Waals surface area contributed by atoms with Crippen LogP contribution < -0.4 is 0 Å². The molecule has 0 bridgehead atoms. The summed E-state index contributed by atoms with van der Waals surface area (Å²) in [5.74, 6) is -1.68. The highest BCUT2D eigenvalue weighted by Crippen LogP contribution is 2.25. The van der Waals surface area contributed by atoms with E-state index < -0.39 is 11.9 Å². The number of rotatable bonds is 3. The molecule has 1 N–H and O–H groups in total. The number of hydrogen-bond donors (Lipinski definition) is 1. The van der Waals surface area contributed by atoms with Gasteiger partial charge in [-0.1, -0.05) is 12.1 Å². The van der Waals surface area contributed by atoms with Gasteiger partial charge in [0.2, 0.25) is 0 Å². The van der Waals surface area contributed by atoms with E-state index in [0.717, 1.165) is 5.56 Å². The third kappa shape index (κ3) is 3.32. The predicted molar refractivity (Wildman–Crippen MR) is 75.2 cm³/mol. The molecule has 0 saturated carbocycles. The second-order valence-electron chi connectivity index (χ2n) is 5.43. The highest BCUT2D eigenvalue weighted by molar-refractivity contribution is 5.78. The number of nitrogens with zero attached hydrogens (tertiary/aromatic N) is 2. The summed E-state index contributed by atoms with van der Waals surface area (Å²) < 4.78 is 12.9. The van der Waals surface area contributed by atoms with Crippen molar-refractivity contribution in [3.8, 4) is 0 Å². The minimum absolute atomic E-state index is 0.199.